The number of rotatable bonds is 5. The van der Waals surface area contributed by atoms with Crippen LogP contribution < -0.4 is 19.9 Å². The number of ether oxygens (including phenoxy) is 3. The van der Waals surface area contributed by atoms with Gasteiger partial charge in [0.05, 0.1) is 38.9 Å². The van der Waals surface area contributed by atoms with Gasteiger partial charge in [-0.25, -0.2) is 13.9 Å². The number of para-hydroxylation sites is 2. The fraction of sp³-hybridized carbons (Fsp3) is 0.263. The zero-order valence-corrected chi connectivity index (χ0v) is 15.6. The summed E-state index contributed by atoms with van der Waals surface area (Å²) in [6.45, 7) is 0.283. The van der Waals surface area contributed by atoms with Gasteiger partial charge in [-0.15, -0.1) is 5.10 Å². The molecule has 8 heteroatoms. The lowest BCUT2D eigenvalue weighted by Crippen LogP contribution is -2.21. The predicted molar refractivity (Wildman–Crippen MR) is 101 cm³/mol. The Labute approximate surface area is 155 Å². The number of imidazole rings is 1. The number of hydrogen-bond donors (Lipinski definition) is 0. The maximum Gasteiger partial charge on any atom is 0.352 e. The Morgan fingerprint density at radius 3 is 2.19 bits per heavy atom. The van der Waals surface area contributed by atoms with E-state index in [1.165, 1.54) is 4.68 Å². The van der Waals surface area contributed by atoms with Crippen molar-refractivity contribution in [1.29, 1.82) is 0 Å². The predicted octanol–water partition coefficient (Wildman–Crippen LogP) is 2.06. The van der Waals surface area contributed by atoms with Crippen LogP contribution >= 0.6 is 0 Å². The van der Waals surface area contributed by atoms with E-state index in [2.05, 4.69) is 5.10 Å². The molecule has 8 nitrogen and oxygen atoms in total. The van der Waals surface area contributed by atoms with Crippen molar-refractivity contribution in [3.63, 3.8) is 0 Å². The average molecular weight is 368 g/mol. The summed E-state index contributed by atoms with van der Waals surface area (Å²) in [5, 5.41) is 4.52. The zero-order chi connectivity index (χ0) is 19.1. The highest BCUT2D eigenvalue weighted by Gasteiger charge is 2.18. The molecule has 2 heterocycles. The molecule has 27 heavy (non-hydrogen) atoms. The molecule has 0 N–H and O–H groups in total. The Hall–Kier alpha value is -3.42. The molecule has 2 aromatic heterocycles. The Morgan fingerprint density at radius 2 is 1.59 bits per heavy atom. The highest BCUT2D eigenvalue weighted by molar-refractivity contribution is 5.80. The van der Waals surface area contributed by atoms with Gasteiger partial charge in [-0.1, -0.05) is 12.1 Å². The molecule has 0 bridgehead atoms. The lowest BCUT2D eigenvalue weighted by molar-refractivity contribution is 0.323. The quantitative estimate of drug-likeness (QED) is 0.539. The molecule has 0 saturated carbocycles. The van der Waals surface area contributed by atoms with E-state index in [1.54, 1.807) is 25.7 Å². The summed E-state index contributed by atoms with van der Waals surface area (Å²) in [7, 11) is 6.57. The molecule has 0 radical (unpaired) electrons. The molecule has 140 valence electrons. The van der Waals surface area contributed by atoms with Crippen molar-refractivity contribution in [1.82, 2.24) is 18.7 Å². The summed E-state index contributed by atoms with van der Waals surface area (Å²) in [6.07, 6.45) is 0. The third-order valence-electron chi connectivity index (χ3n) is 4.66. The van der Waals surface area contributed by atoms with E-state index in [0.717, 1.165) is 16.6 Å². The SMILES string of the molecule is COc1cc(Cn2nc3n(C)c4ccccc4n3c2=O)cc(OC)c1OC. The van der Waals surface area contributed by atoms with Gasteiger partial charge in [-0.05, 0) is 29.8 Å². The maximum atomic E-state index is 13.0. The molecule has 0 amide bonds. The van der Waals surface area contributed by atoms with E-state index in [9.17, 15) is 4.79 Å². The first-order valence-corrected chi connectivity index (χ1v) is 8.41. The Kier molecular flexibility index (Phi) is 4.02. The summed E-state index contributed by atoms with van der Waals surface area (Å²) >= 11 is 0. The molecule has 4 rings (SSSR count). The van der Waals surface area contributed by atoms with Crippen molar-refractivity contribution in [3.05, 3.63) is 52.4 Å². The van der Waals surface area contributed by atoms with Crippen molar-refractivity contribution >= 4 is 16.8 Å². The second kappa shape index (κ2) is 6.39. The monoisotopic (exact) mass is 368 g/mol. The second-order valence-corrected chi connectivity index (χ2v) is 6.16. The third kappa shape index (κ3) is 2.52. The fourth-order valence-corrected chi connectivity index (χ4v) is 3.37. The molecular weight excluding hydrogens is 348 g/mol. The first-order chi connectivity index (χ1) is 13.1. The van der Waals surface area contributed by atoms with Crippen molar-refractivity contribution < 1.29 is 14.2 Å². The van der Waals surface area contributed by atoms with Crippen LogP contribution in [0.5, 0.6) is 17.2 Å². The van der Waals surface area contributed by atoms with E-state index in [1.807, 2.05) is 48.0 Å². The summed E-state index contributed by atoms with van der Waals surface area (Å²) in [5.41, 5.74) is 2.41. The van der Waals surface area contributed by atoms with E-state index < -0.39 is 0 Å². The van der Waals surface area contributed by atoms with Gasteiger partial charge in [-0.2, -0.15) is 0 Å². The number of aryl methyl sites for hydroxylation is 1. The van der Waals surface area contributed by atoms with Gasteiger partial charge in [0, 0.05) is 7.05 Å². The summed E-state index contributed by atoms with van der Waals surface area (Å²) in [4.78, 5) is 13.0. The molecule has 0 fully saturated rings. The Balaban J connectivity index is 1.84. The van der Waals surface area contributed by atoms with Gasteiger partial charge >= 0.3 is 5.69 Å². The van der Waals surface area contributed by atoms with Gasteiger partial charge in [0.2, 0.25) is 11.5 Å². The van der Waals surface area contributed by atoms with Gasteiger partial charge < -0.3 is 18.8 Å². The van der Waals surface area contributed by atoms with E-state index in [-0.39, 0.29) is 12.2 Å². The van der Waals surface area contributed by atoms with E-state index >= 15 is 0 Å². The van der Waals surface area contributed by atoms with Crippen molar-refractivity contribution in [2.45, 2.75) is 6.54 Å². The van der Waals surface area contributed by atoms with Crippen LogP contribution in [0.2, 0.25) is 0 Å². The maximum absolute atomic E-state index is 13.0. The van der Waals surface area contributed by atoms with Crippen LogP contribution in [0.3, 0.4) is 0 Å². The average Bonchev–Trinajstić information content (AvgIpc) is 3.16. The molecule has 0 aliphatic rings. The first kappa shape index (κ1) is 17.0. The van der Waals surface area contributed by atoms with Gasteiger partial charge in [0.1, 0.15) is 0 Å². The van der Waals surface area contributed by atoms with Gasteiger partial charge in [0.25, 0.3) is 0 Å². The number of nitrogens with zero attached hydrogens (tertiary/aromatic N) is 4. The number of fused-ring (bicyclic) bond motifs is 3. The van der Waals surface area contributed by atoms with Crippen molar-refractivity contribution in [2.24, 2.45) is 7.05 Å². The van der Waals surface area contributed by atoms with Crippen molar-refractivity contribution in [2.75, 3.05) is 21.3 Å². The summed E-state index contributed by atoms with van der Waals surface area (Å²) < 4.78 is 21.1. The second-order valence-electron chi connectivity index (χ2n) is 6.16. The highest BCUT2D eigenvalue weighted by Crippen LogP contribution is 2.38. The van der Waals surface area contributed by atoms with Crippen LogP contribution in [0.4, 0.5) is 0 Å². The molecule has 0 aliphatic carbocycles. The largest absolute Gasteiger partial charge is 0.493 e. The minimum absolute atomic E-state index is 0.199. The zero-order valence-electron chi connectivity index (χ0n) is 15.6. The van der Waals surface area contributed by atoms with E-state index in [4.69, 9.17) is 14.2 Å². The van der Waals surface area contributed by atoms with Gasteiger partial charge in [-0.3, -0.25) is 0 Å². The lowest BCUT2D eigenvalue weighted by atomic mass is 10.2. The van der Waals surface area contributed by atoms with Crippen molar-refractivity contribution in [3.8, 4) is 17.2 Å². The molecule has 0 aliphatic heterocycles. The molecule has 0 atom stereocenters. The first-order valence-electron chi connectivity index (χ1n) is 8.41. The van der Waals surface area contributed by atoms with Gasteiger partial charge in [0.15, 0.2) is 11.5 Å². The van der Waals surface area contributed by atoms with E-state index in [0.29, 0.717) is 23.0 Å². The molecular formula is C19H20N4O4. The Morgan fingerprint density at radius 1 is 0.963 bits per heavy atom. The normalized spacial score (nSPS) is 11.3. The number of aromatic nitrogens is 4. The molecule has 4 aromatic rings. The lowest BCUT2D eigenvalue weighted by Gasteiger charge is -2.13. The van der Waals surface area contributed by atoms with Crippen LogP contribution in [-0.4, -0.2) is 40.1 Å². The number of methoxy groups -OCH3 is 3. The third-order valence-corrected chi connectivity index (χ3v) is 4.66. The minimum Gasteiger partial charge on any atom is -0.493 e. The van der Waals surface area contributed by atoms with Crippen LogP contribution in [0.15, 0.2) is 41.2 Å². The minimum atomic E-state index is -0.199. The van der Waals surface area contributed by atoms with Crippen LogP contribution in [0.1, 0.15) is 5.56 Å². The topological polar surface area (TPSA) is 71.9 Å². The van der Waals surface area contributed by atoms with Crippen LogP contribution in [-0.2, 0) is 13.6 Å². The summed E-state index contributed by atoms with van der Waals surface area (Å²) in [5.74, 6) is 2.17. The molecule has 0 saturated heterocycles. The molecule has 0 unspecified atom stereocenters. The van der Waals surface area contributed by atoms with Crippen LogP contribution in [0, 0.1) is 0 Å². The molecule has 0 spiro atoms. The standard InChI is InChI=1S/C19H20N4O4/c1-21-13-7-5-6-8-14(13)23-18(21)20-22(19(23)24)11-12-9-15(25-2)17(27-4)16(10-12)26-3/h5-10H,11H2,1-4H3. The highest BCUT2D eigenvalue weighted by atomic mass is 16.5. The van der Waals surface area contributed by atoms with Crippen LogP contribution in [0.25, 0.3) is 16.8 Å². The number of hydrogen-bond acceptors (Lipinski definition) is 5. The Bertz CT molecular complexity index is 1180. The number of benzene rings is 2. The fourth-order valence-electron chi connectivity index (χ4n) is 3.37. The summed E-state index contributed by atoms with van der Waals surface area (Å²) in [6, 6.07) is 11.4. The smallest absolute Gasteiger partial charge is 0.352 e. The molecule has 2 aromatic carbocycles.